The van der Waals surface area contributed by atoms with Gasteiger partial charge in [-0.15, -0.1) is 0 Å². The number of nitro benzene ring substituents is 1. The van der Waals surface area contributed by atoms with E-state index in [2.05, 4.69) is 5.32 Å². The number of amides is 1. The zero-order valence-electron chi connectivity index (χ0n) is 13.9. The first-order chi connectivity index (χ1) is 12.5. The number of fused-ring (bicyclic) bond motifs is 1. The van der Waals surface area contributed by atoms with Crippen LogP contribution < -0.4 is 14.8 Å². The molecular formula is C18H18N2O6. The fourth-order valence-electron chi connectivity index (χ4n) is 2.62. The summed E-state index contributed by atoms with van der Waals surface area (Å²) in [5, 5.41) is 23.6. The minimum atomic E-state index is -0.732. The second-order valence-corrected chi connectivity index (χ2v) is 5.87. The molecule has 0 saturated carbocycles. The predicted molar refractivity (Wildman–Crippen MR) is 92.0 cm³/mol. The average molecular weight is 358 g/mol. The highest BCUT2D eigenvalue weighted by Crippen LogP contribution is 2.34. The monoisotopic (exact) mass is 358 g/mol. The second-order valence-electron chi connectivity index (χ2n) is 5.87. The van der Waals surface area contributed by atoms with Crippen LogP contribution in [0.4, 0.5) is 5.69 Å². The van der Waals surface area contributed by atoms with Gasteiger partial charge in [0, 0.05) is 18.7 Å². The minimum Gasteiger partial charge on any atom is -0.454 e. The van der Waals surface area contributed by atoms with Gasteiger partial charge in [-0.2, -0.15) is 0 Å². The molecule has 0 saturated heterocycles. The molecule has 8 heteroatoms. The largest absolute Gasteiger partial charge is 0.454 e. The fourth-order valence-corrected chi connectivity index (χ4v) is 2.62. The molecule has 0 bridgehead atoms. The SMILES string of the molecule is O=C(Cc1ccc([N+](=O)[O-])cc1)NCCC(O)c1ccc2c(c1)OCO2. The second kappa shape index (κ2) is 7.83. The lowest BCUT2D eigenvalue weighted by atomic mass is 10.1. The maximum Gasteiger partial charge on any atom is 0.269 e. The molecule has 1 aliphatic heterocycles. The van der Waals surface area contributed by atoms with Crippen molar-refractivity contribution in [2.45, 2.75) is 18.9 Å². The van der Waals surface area contributed by atoms with Gasteiger partial charge in [0.1, 0.15) is 0 Å². The summed E-state index contributed by atoms with van der Waals surface area (Å²) in [5.41, 5.74) is 1.37. The number of nitrogens with one attached hydrogen (secondary N) is 1. The molecule has 1 atom stereocenters. The van der Waals surface area contributed by atoms with Crippen LogP contribution in [-0.2, 0) is 11.2 Å². The molecule has 0 spiro atoms. The van der Waals surface area contributed by atoms with Crippen LogP contribution in [0.1, 0.15) is 23.7 Å². The summed E-state index contributed by atoms with van der Waals surface area (Å²) in [6.45, 7) is 0.481. The lowest BCUT2D eigenvalue weighted by molar-refractivity contribution is -0.384. The van der Waals surface area contributed by atoms with E-state index >= 15 is 0 Å². The van der Waals surface area contributed by atoms with Gasteiger partial charge in [0.25, 0.3) is 5.69 Å². The molecule has 2 aromatic carbocycles. The van der Waals surface area contributed by atoms with Gasteiger partial charge in [0.05, 0.1) is 17.4 Å². The summed E-state index contributed by atoms with van der Waals surface area (Å²) in [6.07, 6.45) is -0.256. The highest BCUT2D eigenvalue weighted by atomic mass is 16.7. The number of nitrogens with zero attached hydrogens (tertiary/aromatic N) is 1. The summed E-state index contributed by atoms with van der Waals surface area (Å²) < 4.78 is 10.5. The molecule has 1 unspecified atom stereocenters. The van der Waals surface area contributed by atoms with E-state index in [1.54, 1.807) is 30.3 Å². The third-order valence-electron chi connectivity index (χ3n) is 4.03. The first-order valence-corrected chi connectivity index (χ1v) is 8.10. The highest BCUT2D eigenvalue weighted by molar-refractivity contribution is 5.78. The summed E-state index contributed by atoms with van der Waals surface area (Å²) in [4.78, 5) is 22.1. The van der Waals surface area contributed by atoms with Crippen molar-refractivity contribution in [1.29, 1.82) is 0 Å². The standard InChI is InChI=1S/C18H18N2O6/c21-15(13-3-6-16-17(10-13)26-11-25-16)7-8-19-18(22)9-12-1-4-14(5-2-12)20(23)24/h1-6,10,15,21H,7-9,11H2,(H,19,22). The molecule has 0 aromatic heterocycles. The molecule has 0 aliphatic carbocycles. The van der Waals surface area contributed by atoms with E-state index in [-0.39, 0.29) is 24.8 Å². The number of rotatable bonds is 7. The minimum absolute atomic E-state index is 0.0130. The molecule has 8 nitrogen and oxygen atoms in total. The number of benzene rings is 2. The Balaban J connectivity index is 1.45. The quantitative estimate of drug-likeness (QED) is 0.579. The number of aliphatic hydroxyl groups excluding tert-OH is 1. The summed E-state index contributed by atoms with van der Waals surface area (Å²) in [7, 11) is 0. The Labute approximate surface area is 149 Å². The van der Waals surface area contributed by atoms with Crippen molar-refractivity contribution < 1.29 is 24.3 Å². The zero-order chi connectivity index (χ0) is 18.5. The number of ether oxygens (including phenoxy) is 2. The molecule has 3 rings (SSSR count). The van der Waals surface area contributed by atoms with Gasteiger partial charge < -0.3 is 19.9 Å². The average Bonchev–Trinajstić information content (AvgIpc) is 3.09. The number of non-ortho nitro benzene ring substituents is 1. The van der Waals surface area contributed by atoms with Crippen molar-refractivity contribution in [3.63, 3.8) is 0 Å². The zero-order valence-corrected chi connectivity index (χ0v) is 13.9. The van der Waals surface area contributed by atoms with Crippen molar-refractivity contribution in [3.8, 4) is 11.5 Å². The van der Waals surface area contributed by atoms with Crippen molar-refractivity contribution in [2.24, 2.45) is 0 Å². The van der Waals surface area contributed by atoms with Crippen LogP contribution in [0.3, 0.4) is 0 Å². The Morgan fingerprint density at radius 1 is 1.19 bits per heavy atom. The molecule has 1 heterocycles. The Kier molecular flexibility index (Phi) is 5.33. The number of carbonyl (C=O) groups excluding carboxylic acids is 1. The van der Waals surface area contributed by atoms with Crippen molar-refractivity contribution in [1.82, 2.24) is 5.32 Å². The number of hydrogen-bond acceptors (Lipinski definition) is 6. The van der Waals surface area contributed by atoms with Gasteiger partial charge in [-0.1, -0.05) is 18.2 Å². The van der Waals surface area contributed by atoms with Gasteiger partial charge in [-0.3, -0.25) is 14.9 Å². The topological polar surface area (TPSA) is 111 Å². The Bertz CT molecular complexity index is 806. The van der Waals surface area contributed by atoms with E-state index in [4.69, 9.17) is 9.47 Å². The molecule has 136 valence electrons. The highest BCUT2D eigenvalue weighted by Gasteiger charge is 2.16. The maximum atomic E-state index is 11.9. The van der Waals surface area contributed by atoms with Gasteiger partial charge in [-0.05, 0) is 29.7 Å². The third kappa shape index (κ3) is 4.28. The molecule has 26 heavy (non-hydrogen) atoms. The van der Waals surface area contributed by atoms with E-state index in [1.165, 1.54) is 12.1 Å². The molecule has 1 aliphatic rings. The van der Waals surface area contributed by atoms with E-state index in [0.29, 0.717) is 35.6 Å². The fraction of sp³-hybridized carbons (Fsp3) is 0.278. The maximum absolute atomic E-state index is 11.9. The summed E-state index contributed by atoms with van der Waals surface area (Å²) >= 11 is 0. The van der Waals surface area contributed by atoms with Crippen molar-refractivity contribution in [2.75, 3.05) is 13.3 Å². The number of hydrogen-bond donors (Lipinski definition) is 2. The van der Waals surface area contributed by atoms with Crippen molar-refractivity contribution in [3.05, 3.63) is 63.7 Å². The van der Waals surface area contributed by atoms with E-state index in [1.807, 2.05) is 0 Å². The van der Waals surface area contributed by atoms with Crippen LogP contribution in [-0.4, -0.2) is 29.3 Å². The Morgan fingerprint density at radius 3 is 2.65 bits per heavy atom. The normalized spacial score (nSPS) is 13.3. The Hall–Kier alpha value is -3.13. The van der Waals surface area contributed by atoms with Crippen LogP contribution in [0.5, 0.6) is 11.5 Å². The number of carbonyl (C=O) groups is 1. The molecular weight excluding hydrogens is 340 g/mol. The molecule has 2 aromatic rings. The van der Waals surface area contributed by atoms with Gasteiger partial charge >= 0.3 is 0 Å². The first kappa shape index (κ1) is 17.7. The predicted octanol–water partition coefficient (Wildman–Crippen LogP) is 2.11. The summed E-state index contributed by atoms with van der Waals surface area (Å²) in [5.74, 6) is 1.04. The van der Waals surface area contributed by atoms with Gasteiger partial charge in [0.15, 0.2) is 11.5 Å². The third-order valence-corrected chi connectivity index (χ3v) is 4.03. The van der Waals surface area contributed by atoms with Gasteiger partial charge in [0.2, 0.25) is 12.7 Å². The molecule has 1 amide bonds. The Morgan fingerprint density at radius 2 is 1.92 bits per heavy atom. The van der Waals surface area contributed by atoms with Crippen LogP contribution in [0.2, 0.25) is 0 Å². The van der Waals surface area contributed by atoms with Gasteiger partial charge in [-0.25, -0.2) is 0 Å². The number of nitro groups is 1. The smallest absolute Gasteiger partial charge is 0.269 e. The van der Waals surface area contributed by atoms with E-state index in [0.717, 1.165) is 0 Å². The van der Waals surface area contributed by atoms with E-state index in [9.17, 15) is 20.0 Å². The van der Waals surface area contributed by atoms with Crippen LogP contribution in [0.25, 0.3) is 0 Å². The summed E-state index contributed by atoms with van der Waals surface area (Å²) in [6, 6.07) is 11.1. The van der Waals surface area contributed by atoms with Crippen LogP contribution >= 0.6 is 0 Å². The number of aliphatic hydroxyl groups is 1. The van der Waals surface area contributed by atoms with Crippen LogP contribution in [0.15, 0.2) is 42.5 Å². The molecule has 0 radical (unpaired) electrons. The molecule has 0 fully saturated rings. The van der Waals surface area contributed by atoms with Crippen LogP contribution in [0, 0.1) is 10.1 Å². The lowest BCUT2D eigenvalue weighted by Gasteiger charge is -2.12. The van der Waals surface area contributed by atoms with Crippen molar-refractivity contribution >= 4 is 11.6 Å². The lowest BCUT2D eigenvalue weighted by Crippen LogP contribution is -2.27. The molecule has 2 N–H and O–H groups in total. The van der Waals surface area contributed by atoms with E-state index < -0.39 is 11.0 Å². The first-order valence-electron chi connectivity index (χ1n) is 8.10.